The molecule has 2 aliphatic carbocycles. The van der Waals surface area contributed by atoms with Crippen molar-refractivity contribution in [2.75, 3.05) is 0 Å². The van der Waals surface area contributed by atoms with Gasteiger partial charge < -0.3 is 9.84 Å². The fourth-order valence-electron chi connectivity index (χ4n) is 3.23. The van der Waals surface area contributed by atoms with Crippen molar-refractivity contribution in [2.45, 2.75) is 25.9 Å². The van der Waals surface area contributed by atoms with Crippen LogP contribution in [-0.2, 0) is 4.74 Å². The Morgan fingerprint density at radius 2 is 2.00 bits per heavy atom. The summed E-state index contributed by atoms with van der Waals surface area (Å²) in [4.78, 5) is 23.4. The molecule has 0 saturated heterocycles. The highest BCUT2D eigenvalue weighted by atomic mass is 16.5. The van der Waals surface area contributed by atoms with Crippen LogP contribution in [0.1, 0.15) is 40.5 Å². The number of fused-ring (bicyclic) bond motifs is 2. The van der Waals surface area contributed by atoms with E-state index in [1.54, 1.807) is 12.1 Å². The van der Waals surface area contributed by atoms with Crippen LogP contribution in [0, 0.1) is 11.3 Å². The van der Waals surface area contributed by atoms with Crippen LogP contribution in [0.25, 0.3) is 0 Å². The maximum Gasteiger partial charge on any atom is 0.339 e. The van der Waals surface area contributed by atoms with Crippen LogP contribution in [0.2, 0.25) is 0 Å². The molecule has 104 valence electrons. The van der Waals surface area contributed by atoms with E-state index in [2.05, 4.69) is 19.1 Å². The van der Waals surface area contributed by atoms with Gasteiger partial charge in [-0.05, 0) is 25.0 Å². The summed E-state index contributed by atoms with van der Waals surface area (Å²) in [6.45, 7) is 2.08. The second kappa shape index (κ2) is 4.47. The van der Waals surface area contributed by atoms with Crippen molar-refractivity contribution in [3.63, 3.8) is 0 Å². The SMILES string of the molecule is CC12C=CC(CC1)C2OC(=O)c1ccccc1C(=O)O. The molecule has 0 spiro atoms. The molecule has 1 aromatic rings. The normalized spacial score (nSPS) is 30.4. The molecule has 2 bridgehead atoms. The summed E-state index contributed by atoms with van der Waals surface area (Å²) in [5.41, 5.74) is 0.00856. The van der Waals surface area contributed by atoms with Gasteiger partial charge in [-0.2, -0.15) is 0 Å². The first-order chi connectivity index (χ1) is 9.51. The number of carbonyl (C=O) groups excluding carboxylic acids is 1. The van der Waals surface area contributed by atoms with Crippen molar-refractivity contribution in [3.05, 3.63) is 47.5 Å². The topological polar surface area (TPSA) is 63.6 Å². The van der Waals surface area contributed by atoms with Crippen molar-refractivity contribution in [2.24, 2.45) is 11.3 Å². The van der Waals surface area contributed by atoms with Gasteiger partial charge in [0.2, 0.25) is 0 Å². The van der Waals surface area contributed by atoms with E-state index in [1.165, 1.54) is 12.1 Å². The van der Waals surface area contributed by atoms with Crippen molar-refractivity contribution in [1.29, 1.82) is 0 Å². The number of benzene rings is 1. The zero-order chi connectivity index (χ0) is 14.3. The van der Waals surface area contributed by atoms with Crippen LogP contribution in [0.3, 0.4) is 0 Å². The molecule has 0 aliphatic heterocycles. The predicted molar refractivity (Wildman–Crippen MR) is 72.6 cm³/mol. The Morgan fingerprint density at radius 3 is 2.50 bits per heavy atom. The number of hydrogen-bond donors (Lipinski definition) is 1. The van der Waals surface area contributed by atoms with E-state index in [0.29, 0.717) is 0 Å². The van der Waals surface area contributed by atoms with Gasteiger partial charge in [0, 0.05) is 11.3 Å². The molecule has 0 aromatic heterocycles. The number of hydrogen-bond acceptors (Lipinski definition) is 3. The van der Waals surface area contributed by atoms with E-state index in [1.807, 2.05) is 0 Å². The molecule has 0 amide bonds. The van der Waals surface area contributed by atoms with Gasteiger partial charge in [0.15, 0.2) is 0 Å². The van der Waals surface area contributed by atoms with Crippen molar-refractivity contribution in [1.82, 2.24) is 0 Å². The largest absolute Gasteiger partial charge is 0.478 e. The quantitative estimate of drug-likeness (QED) is 0.678. The lowest BCUT2D eigenvalue weighted by Gasteiger charge is -2.25. The molecule has 1 saturated carbocycles. The first kappa shape index (κ1) is 12.9. The van der Waals surface area contributed by atoms with Gasteiger partial charge in [0.1, 0.15) is 6.10 Å². The fourth-order valence-corrected chi connectivity index (χ4v) is 3.23. The highest BCUT2D eigenvalue weighted by Gasteiger charge is 2.49. The average molecular weight is 272 g/mol. The van der Waals surface area contributed by atoms with Gasteiger partial charge in [-0.3, -0.25) is 0 Å². The molecule has 1 fully saturated rings. The predicted octanol–water partition coefficient (Wildman–Crippen LogP) is 2.90. The number of carbonyl (C=O) groups is 2. The molecule has 1 aromatic carbocycles. The highest BCUT2D eigenvalue weighted by molar-refractivity contribution is 6.02. The van der Waals surface area contributed by atoms with Gasteiger partial charge in [-0.1, -0.05) is 31.2 Å². The highest BCUT2D eigenvalue weighted by Crippen LogP contribution is 2.50. The van der Waals surface area contributed by atoms with Gasteiger partial charge in [0.25, 0.3) is 0 Å². The first-order valence-corrected chi connectivity index (χ1v) is 6.74. The van der Waals surface area contributed by atoms with E-state index in [4.69, 9.17) is 9.84 Å². The first-order valence-electron chi connectivity index (χ1n) is 6.74. The molecular weight excluding hydrogens is 256 g/mol. The van der Waals surface area contributed by atoms with Crippen molar-refractivity contribution in [3.8, 4) is 0 Å². The van der Waals surface area contributed by atoms with Crippen LogP contribution in [0.5, 0.6) is 0 Å². The standard InChI is InChI=1S/C16H16O4/c1-16-8-6-10(7-9-16)13(16)20-15(19)12-5-3-2-4-11(12)14(17)18/h2-6,8,10,13H,7,9H2,1H3,(H,17,18). The molecule has 2 aliphatic rings. The zero-order valence-corrected chi connectivity index (χ0v) is 11.2. The van der Waals surface area contributed by atoms with E-state index in [-0.39, 0.29) is 28.6 Å². The molecule has 20 heavy (non-hydrogen) atoms. The molecule has 4 heteroatoms. The summed E-state index contributed by atoms with van der Waals surface area (Å²) in [5.74, 6) is -1.40. The minimum atomic E-state index is -1.11. The molecule has 3 unspecified atom stereocenters. The summed E-state index contributed by atoms with van der Waals surface area (Å²) in [6.07, 6.45) is 6.07. The van der Waals surface area contributed by atoms with E-state index in [9.17, 15) is 9.59 Å². The number of rotatable bonds is 3. The lowest BCUT2D eigenvalue weighted by Crippen LogP contribution is -2.30. The fraction of sp³-hybridized carbons (Fsp3) is 0.375. The van der Waals surface area contributed by atoms with Crippen molar-refractivity contribution >= 4 is 11.9 Å². The lowest BCUT2D eigenvalue weighted by atomic mass is 9.89. The molecule has 3 atom stereocenters. The summed E-state index contributed by atoms with van der Waals surface area (Å²) in [7, 11) is 0. The van der Waals surface area contributed by atoms with Crippen LogP contribution in [0.15, 0.2) is 36.4 Å². The molecule has 0 heterocycles. The summed E-state index contributed by atoms with van der Waals surface area (Å²) in [6, 6.07) is 6.16. The van der Waals surface area contributed by atoms with Crippen molar-refractivity contribution < 1.29 is 19.4 Å². The monoisotopic (exact) mass is 272 g/mol. The Labute approximate surface area is 117 Å². The molecule has 4 nitrogen and oxygen atoms in total. The maximum absolute atomic E-state index is 12.3. The number of esters is 1. The Bertz CT molecular complexity index is 604. The maximum atomic E-state index is 12.3. The van der Waals surface area contributed by atoms with E-state index in [0.717, 1.165) is 12.8 Å². The molecule has 1 N–H and O–H groups in total. The third kappa shape index (κ3) is 1.92. The summed E-state index contributed by atoms with van der Waals surface area (Å²) < 4.78 is 5.61. The molecular formula is C16H16O4. The number of ether oxygens (including phenoxy) is 1. The second-order valence-electron chi connectivity index (χ2n) is 5.74. The third-order valence-electron chi connectivity index (χ3n) is 4.39. The Balaban J connectivity index is 1.83. The minimum Gasteiger partial charge on any atom is -0.478 e. The second-order valence-corrected chi connectivity index (χ2v) is 5.74. The number of carboxylic acid groups (broad SMARTS) is 1. The Morgan fingerprint density at radius 1 is 1.30 bits per heavy atom. The van der Waals surface area contributed by atoms with E-state index >= 15 is 0 Å². The van der Waals surface area contributed by atoms with Crippen LogP contribution >= 0.6 is 0 Å². The summed E-state index contributed by atoms with van der Waals surface area (Å²) >= 11 is 0. The van der Waals surface area contributed by atoms with Crippen LogP contribution in [0.4, 0.5) is 0 Å². The van der Waals surface area contributed by atoms with Gasteiger partial charge in [0.05, 0.1) is 11.1 Å². The molecule has 3 rings (SSSR count). The Hall–Kier alpha value is -2.10. The van der Waals surface area contributed by atoms with Gasteiger partial charge >= 0.3 is 11.9 Å². The van der Waals surface area contributed by atoms with Gasteiger partial charge in [-0.15, -0.1) is 0 Å². The van der Waals surface area contributed by atoms with E-state index < -0.39 is 11.9 Å². The third-order valence-corrected chi connectivity index (χ3v) is 4.39. The van der Waals surface area contributed by atoms with Crippen LogP contribution < -0.4 is 0 Å². The number of aromatic carboxylic acids is 1. The lowest BCUT2D eigenvalue weighted by molar-refractivity contribution is 0.00653. The minimum absolute atomic E-state index is 0.0130. The number of carboxylic acids is 1. The molecule has 0 radical (unpaired) electrons. The van der Waals surface area contributed by atoms with Crippen LogP contribution in [-0.4, -0.2) is 23.1 Å². The smallest absolute Gasteiger partial charge is 0.339 e. The summed E-state index contributed by atoms with van der Waals surface area (Å²) in [5, 5.41) is 9.12. The average Bonchev–Trinajstić information content (AvgIpc) is 2.91. The van der Waals surface area contributed by atoms with Gasteiger partial charge in [-0.25, -0.2) is 9.59 Å². The zero-order valence-electron chi connectivity index (χ0n) is 11.2. The Kier molecular flexibility index (Phi) is 2.89.